The van der Waals surface area contributed by atoms with Crippen molar-refractivity contribution in [1.82, 2.24) is 10.2 Å². The Hall–Kier alpha value is -2.51. The van der Waals surface area contributed by atoms with E-state index in [4.69, 9.17) is 20.8 Å². The molecule has 0 radical (unpaired) electrons. The van der Waals surface area contributed by atoms with Gasteiger partial charge in [-0.2, -0.15) is 0 Å². The first-order chi connectivity index (χ1) is 11.6. The van der Waals surface area contributed by atoms with Crippen LogP contribution in [0, 0.1) is 0 Å². The predicted molar refractivity (Wildman–Crippen MR) is 89.6 cm³/mol. The van der Waals surface area contributed by atoms with Crippen molar-refractivity contribution in [2.45, 2.75) is 5.22 Å². The van der Waals surface area contributed by atoms with Gasteiger partial charge in [-0.05, 0) is 24.3 Å². The second-order valence-electron chi connectivity index (χ2n) is 4.63. The summed E-state index contributed by atoms with van der Waals surface area (Å²) in [5.74, 6) is 0.486. The Bertz CT molecular complexity index is 897. The van der Waals surface area contributed by atoms with Gasteiger partial charge >= 0.3 is 0 Å². The number of phenolic OH excluding ortho intramolecular Hbond substituents is 1. The molecule has 0 saturated carbocycles. The number of hydrogen-bond acceptors (Lipinski definition) is 7. The Morgan fingerprint density at radius 3 is 2.75 bits per heavy atom. The Labute approximate surface area is 146 Å². The number of carbonyl (C=O) groups is 1. The van der Waals surface area contributed by atoms with Gasteiger partial charge in [-0.3, -0.25) is 4.79 Å². The van der Waals surface area contributed by atoms with Crippen molar-refractivity contribution in [2.24, 2.45) is 0 Å². The van der Waals surface area contributed by atoms with E-state index in [1.807, 2.05) is 0 Å². The lowest BCUT2D eigenvalue weighted by molar-refractivity contribution is 0.108. The highest BCUT2D eigenvalue weighted by Gasteiger charge is 2.18. The summed E-state index contributed by atoms with van der Waals surface area (Å²) in [6, 6.07) is 11.4. The molecule has 0 fully saturated rings. The molecule has 8 heteroatoms. The fraction of sp³-hybridized carbons (Fsp3) is 0.0625. The lowest BCUT2D eigenvalue weighted by Crippen LogP contribution is -1.95. The van der Waals surface area contributed by atoms with Crippen LogP contribution in [0.4, 0.5) is 0 Å². The maximum Gasteiger partial charge on any atom is 0.284 e. The second kappa shape index (κ2) is 6.94. The minimum Gasteiger partial charge on any atom is -0.507 e. The van der Waals surface area contributed by atoms with E-state index < -0.39 is 5.12 Å². The van der Waals surface area contributed by atoms with Crippen LogP contribution in [-0.4, -0.2) is 27.5 Å². The molecule has 0 unspecified atom stereocenters. The van der Waals surface area contributed by atoms with Gasteiger partial charge in [0, 0.05) is 17.8 Å². The Balaban J connectivity index is 1.80. The zero-order valence-electron chi connectivity index (χ0n) is 12.4. The minimum atomic E-state index is -0.426. The Morgan fingerprint density at radius 2 is 2.04 bits per heavy atom. The van der Waals surface area contributed by atoms with Gasteiger partial charge in [-0.1, -0.05) is 23.7 Å². The van der Waals surface area contributed by atoms with E-state index in [2.05, 4.69) is 10.2 Å². The maximum atomic E-state index is 12.3. The molecule has 0 saturated heterocycles. The largest absolute Gasteiger partial charge is 0.507 e. The normalized spacial score (nSPS) is 10.6. The van der Waals surface area contributed by atoms with Crippen LogP contribution in [0.5, 0.6) is 11.5 Å². The summed E-state index contributed by atoms with van der Waals surface area (Å²) < 4.78 is 10.4. The fourth-order valence-electron chi connectivity index (χ4n) is 1.94. The van der Waals surface area contributed by atoms with Crippen LogP contribution in [0.15, 0.2) is 52.1 Å². The van der Waals surface area contributed by atoms with Crippen LogP contribution in [0.3, 0.4) is 0 Å². The third-order valence-corrected chi connectivity index (χ3v) is 4.19. The molecule has 0 spiro atoms. The molecule has 3 rings (SSSR count). The number of aromatic nitrogens is 2. The van der Waals surface area contributed by atoms with Gasteiger partial charge in [0.15, 0.2) is 0 Å². The molecule has 0 aliphatic rings. The number of methoxy groups -OCH3 is 1. The zero-order chi connectivity index (χ0) is 17.1. The summed E-state index contributed by atoms with van der Waals surface area (Å²) >= 11 is 6.80. The molecule has 1 heterocycles. The van der Waals surface area contributed by atoms with Crippen molar-refractivity contribution < 1.29 is 19.1 Å². The summed E-state index contributed by atoms with van der Waals surface area (Å²) in [5.41, 5.74) is 0.705. The van der Waals surface area contributed by atoms with E-state index in [0.717, 1.165) is 11.8 Å². The molecule has 6 nitrogen and oxygen atoms in total. The first kappa shape index (κ1) is 16.4. The number of benzene rings is 2. The number of aromatic hydroxyl groups is 1. The highest BCUT2D eigenvalue weighted by Crippen LogP contribution is 2.32. The first-order valence-corrected chi connectivity index (χ1v) is 7.95. The molecule has 0 amide bonds. The third-order valence-electron chi connectivity index (χ3n) is 3.12. The van der Waals surface area contributed by atoms with Crippen LogP contribution in [0.2, 0.25) is 5.02 Å². The molecule has 0 aliphatic heterocycles. The van der Waals surface area contributed by atoms with Crippen LogP contribution in [0.1, 0.15) is 10.4 Å². The van der Waals surface area contributed by atoms with Gasteiger partial charge in [0.05, 0.1) is 23.3 Å². The van der Waals surface area contributed by atoms with Gasteiger partial charge < -0.3 is 14.3 Å². The van der Waals surface area contributed by atoms with Gasteiger partial charge in [0.2, 0.25) is 11.0 Å². The van der Waals surface area contributed by atoms with Crippen LogP contribution >= 0.6 is 23.4 Å². The number of thioether (sulfide) groups is 1. The number of halogens is 1. The van der Waals surface area contributed by atoms with Crippen molar-refractivity contribution in [3.8, 4) is 23.0 Å². The van der Waals surface area contributed by atoms with Crippen LogP contribution in [0.25, 0.3) is 11.5 Å². The molecule has 1 aromatic heterocycles. The highest BCUT2D eigenvalue weighted by atomic mass is 35.5. The number of carbonyl (C=O) groups excluding carboxylic acids is 1. The molecule has 2 aromatic carbocycles. The van der Waals surface area contributed by atoms with Crippen molar-refractivity contribution in [3.05, 3.63) is 53.1 Å². The van der Waals surface area contributed by atoms with Crippen molar-refractivity contribution in [2.75, 3.05) is 7.11 Å². The average Bonchev–Trinajstić information content (AvgIpc) is 3.03. The van der Waals surface area contributed by atoms with Gasteiger partial charge in [-0.25, -0.2) is 0 Å². The topological polar surface area (TPSA) is 85.5 Å². The molecule has 0 bridgehead atoms. The number of rotatable bonds is 4. The van der Waals surface area contributed by atoms with Crippen LogP contribution < -0.4 is 4.74 Å². The molecule has 0 aliphatic carbocycles. The molecule has 3 aromatic rings. The smallest absolute Gasteiger partial charge is 0.284 e. The summed E-state index contributed by atoms with van der Waals surface area (Å²) in [7, 11) is 1.47. The number of hydrogen-bond donors (Lipinski definition) is 1. The maximum absolute atomic E-state index is 12.3. The molecular weight excluding hydrogens is 352 g/mol. The summed E-state index contributed by atoms with van der Waals surface area (Å²) in [5, 5.41) is 17.7. The minimum absolute atomic E-state index is 0.0603. The Morgan fingerprint density at radius 1 is 1.25 bits per heavy atom. The molecule has 24 heavy (non-hydrogen) atoms. The number of ether oxygens (including phenoxy) is 1. The van der Waals surface area contributed by atoms with E-state index in [-0.39, 0.29) is 22.4 Å². The van der Waals surface area contributed by atoms with E-state index in [1.165, 1.54) is 19.2 Å². The molecule has 0 atom stereocenters. The Kier molecular flexibility index (Phi) is 4.73. The molecule has 1 N–H and O–H groups in total. The van der Waals surface area contributed by atoms with Gasteiger partial charge in [0.25, 0.3) is 5.22 Å². The standard InChI is InChI=1S/C16H11ClN2O4S/c1-22-9-6-7-11(13(20)8-9)15(21)24-16-19-18-14(23-16)10-4-2-3-5-12(10)17/h2-8,20H,1H3. The van der Waals surface area contributed by atoms with E-state index in [1.54, 1.807) is 30.3 Å². The predicted octanol–water partition coefficient (Wildman–Crippen LogP) is 4.04. The SMILES string of the molecule is COc1ccc(C(=O)Sc2nnc(-c3ccccc3Cl)o2)c(O)c1. The lowest BCUT2D eigenvalue weighted by Gasteiger charge is -2.04. The average molecular weight is 363 g/mol. The molecule has 122 valence electrons. The summed E-state index contributed by atoms with van der Waals surface area (Å²) in [6.45, 7) is 0. The van der Waals surface area contributed by atoms with E-state index in [0.29, 0.717) is 16.3 Å². The van der Waals surface area contributed by atoms with Gasteiger partial charge in [0.1, 0.15) is 11.5 Å². The highest BCUT2D eigenvalue weighted by molar-refractivity contribution is 8.14. The van der Waals surface area contributed by atoms with Crippen LogP contribution in [-0.2, 0) is 0 Å². The van der Waals surface area contributed by atoms with E-state index >= 15 is 0 Å². The van der Waals surface area contributed by atoms with Gasteiger partial charge in [-0.15, -0.1) is 10.2 Å². The van der Waals surface area contributed by atoms with Crippen molar-refractivity contribution in [3.63, 3.8) is 0 Å². The second-order valence-corrected chi connectivity index (χ2v) is 5.96. The quantitative estimate of drug-likeness (QED) is 0.701. The fourth-order valence-corrected chi connectivity index (χ4v) is 2.80. The van der Waals surface area contributed by atoms with Crippen molar-refractivity contribution >= 4 is 28.5 Å². The zero-order valence-corrected chi connectivity index (χ0v) is 14.0. The summed E-state index contributed by atoms with van der Waals surface area (Å²) in [6.07, 6.45) is 0. The van der Waals surface area contributed by atoms with Crippen molar-refractivity contribution in [1.29, 1.82) is 0 Å². The monoisotopic (exact) mass is 362 g/mol. The molecular formula is C16H11ClN2O4S. The number of phenols is 1. The first-order valence-electron chi connectivity index (χ1n) is 6.76. The third kappa shape index (κ3) is 3.37. The van der Waals surface area contributed by atoms with E-state index in [9.17, 15) is 9.90 Å². The lowest BCUT2D eigenvalue weighted by atomic mass is 10.2. The number of nitrogens with zero attached hydrogens (tertiary/aromatic N) is 2. The summed E-state index contributed by atoms with van der Waals surface area (Å²) in [4.78, 5) is 12.3.